The largest absolute Gasteiger partial charge is 0.572 e. The number of fused-ring (bicyclic) bond motifs is 2. The summed E-state index contributed by atoms with van der Waals surface area (Å²) in [7, 11) is 9.31. The van der Waals surface area contributed by atoms with E-state index in [0.29, 0.717) is 11.6 Å². The third-order valence-corrected chi connectivity index (χ3v) is 13.6. The monoisotopic (exact) mass is 1920 g/mol. The topological polar surface area (TPSA) is 244 Å². The maximum absolute atomic E-state index is 12.5. The molecule has 9 aromatic heterocycles. The molecule has 15 rings (SSSR count). The Morgan fingerprint density at radius 2 is 0.870 bits per heavy atom. The predicted molar refractivity (Wildman–Crippen MR) is 335 cm³/mol. The second-order valence-electron chi connectivity index (χ2n) is 20.8. The normalized spacial score (nSPS) is 12.7. The molecule has 0 unspecified atom stereocenters. The first-order valence-corrected chi connectivity index (χ1v) is 28.5. The van der Waals surface area contributed by atoms with Crippen molar-refractivity contribution in [3.05, 3.63) is 232 Å². The Hall–Kier alpha value is -9.94. The molecular weight excluding hydrogens is 1860 g/mol. The molecule has 0 atom stereocenters. The van der Waals surface area contributed by atoms with Crippen molar-refractivity contribution in [3.8, 4) is 40.4 Å². The van der Waals surface area contributed by atoms with E-state index in [1.54, 1.807) is 60.4 Å². The van der Waals surface area contributed by atoms with Crippen LogP contribution in [-0.4, -0.2) is 105 Å². The van der Waals surface area contributed by atoms with Crippen LogP contribution in [0.3, 0.4) is 0 Å². The van der Waals surface area contributed by atoms with Gasteiger partial charge in [0.1, 0.15) is 34.7 Å². The summed E-state index contributed by atoms with van der Waals surface area (Å²) in [5.74, 6) is 1.75. The Bertz CT molecular complexity index is 4340. The molecule has 100 heavy (non-hydrogen) atoms. The molecule has 3 aliphatic rings. The van der Waals surface area contributed by atoms with E-state index in [1.165, 1.54) is 34.5 Å². The summed E-state index contributed by atoms with van der Waals surface area (Å²) in [4.78, 5) is 51.8. The molecule has 0 aliphatic carbocycles. The molecule has 0 amide bonds. The van der Waals surface area contributed by atoms with E-state index in [2.05, 4.69) is 133 Å². The number of para-hydroxylation sites is 5. The van der Waals surface area contributed by atoms with Gasteiger partial charge in [0.25, 0.3) is 0 Å². The van der Waals surface area contributed by atoms with Crippen molar-refractivity contribution in [3.63, 3.8) is 0 Å². The summed E-state index contributed by atoms with van der Waals surface area (Å²) in [6.45, 7) is 11.5. The molecule has 532 valence electrons. The molecular formula is C63H53F9N25Pt3-9. The average Bonchev–Trinajstić information content (AvgIpc) is 1.67. The Morgan fingerprint density at radius 1 is 0.440 bits per heavy atom. The number of alkyl halides is 9. The van der Waals surface area contributed by atoms with Gasteiger partial charge in [-0.15, -0.1) is 0 Å². The van der Waals surface area contributed by atoms with Crippen LogP contribution in [-0.2, 0) is 95.8 Å². The number of anilines is 7. The van der Waals surface area contributed by atoms with Gasteiger partial charge in [-0.1, -0.05) is 129 Å². The van der Waals surface area contributed by atoms with Gasteiger partial charge in [0, 0.05) is 166 Å². The summed E-state index contributed by atoms with van der Waals surface area (Å²) in [6.07, 6.45) is 13.9. The van der Waals surface area contributed by atoms with Crippen LogP contribution >= 0.6 is 0 Å². The SMILES string of the molecule is Cc1n[c-]c(N2C=CN(C)[CH-]2)cn1.Cc1n[c-]c(N2[CH-]N(C)c3ccccc32)cn1.Cc1n[c-]c(N2[CH-]N(C)c3ccccc32)cn1.Cn1ccnc1-c1cc(C(F)(F)F)n[n-]1.Cn1ccnc1-c1nc(C(F)(F)F)n[n-]1.FC(F)(F)c1cc(-c2nccn2-c2ccccc2)[n-]n1.[Pt].[Pt].[Pt]. The molecule has 37 heteroatoms. The van der Waals surface area contributed by atoms with Gasteiger partial charge in [0.05, 0.1) is 0 Å². The molecule has 0 radical (unpaired) electrons. The molecule has 25 nitrogen and oxygen atoms in total. The van der Waals surface area contributed by atoms with Crippen LogP contribution in [0.2, 0.25) is 0 Å². The van der Waals surface area contributed by atoms with E-state index in [1.807, 2.05) is 149 Å². The van der Waals surface area contributed by atoms with E-state index in [-0.39, 0.29) is 86.2 Å². The smallest absolute Gasteiger partial charge is 0.431 e. The third-order valence-electron chi connectivity index (χ3n) is 13.6. The molecule has 0 bridgehead atoms. The fraction of sp³-hybridized carbons (Fsp3) is 0.175. The molecule has 0 spiro atoms. The number of aromatic nitrogens is 19. The van der Waals surface area contributed by atoms with Crippen molar-refractivity contribution < 1.29 is 103 Å². The molecule has 12 heterocycles. The minimum atomic E-state index is -4.57. The number of benzene rings is 3. The van der Waals surface area contributed by atoms with Gasteiger partial charge in [0.15, 0.2) is 0 Å². The molecule has 0 fully saturated rings. The second-order valence-corrected chi connectivity index (χ2v) is 20.8. The third kappa shape index (κ3) is 19.3. The van der Waals surface area contributed by atoms with Crippen LogP contribution in [0.5, 0.6) is 0 Å². The number of imidazole rings is 3. The summed E-state index contributed by atoms with van der Waals surface area (Å²) in [5, 5.41) is 19.5. The zero-order chi connectivity index (χ0) is 69.2. The van der Waals surface area contributed by atoms with Crippen molar-refractivity contribution in [2.75, 3.05) is 45.6 Å². The first kappa shape index (κ1) is 77.4. The van der Waals surface area contributed by atoms with Gasteiger partial charge in [-0.2, -0.15) is 59.5 Å². The van der Waals surface area contributed by atoms with E-state index >= 15 is 0 Å². The zero-order valence-electron chi connectivity index (χ0n) is 53.3. The number of nitrogens with zero attached hydrogens (tertiary/aromatic N) is 25. The van der Waals surface area contributed by atoms with Gasteiger partial charge >= 0.3 is 18.5 Å². The van der Waals surface area contributed by atoms with E-state index < -0.39 is 35.7 Å². The molecule has 0 N–H and O–H groups in total. The molecule has 12 aromatic rings. The van der Waals surface area contributed by atoms with Crippen molar-refractivity contribution in [1.82, 2.24) is 99.0 Å². The van der Waals surface area contributed by atoms with Gasteiger partial charge in [-0.25, -0.2) is 15.0 Å². The first-order chi connectivity index (χ1) is 46.3. The fourth-order valence-corrected chi connectivity index (χ4v) is 8.94. The molecule has 3 aliphatic heterocycles. The fourth-order valence-electron chi connectivity index (χ4n) is 8.94. The van der Waals surface area contributed by atoms with Crippen molar-refractivity contribution in [2.45, 2.75) is 39.3 Å². The van der Waals surface area contributed by atoms with Crippen molar-refractivity contribution in [1.29, 1.82) is 0 Å². The minimum Gasteiger partial charge on any atom is -0.572 e. The average molecular weight is 1920 g/mol. The van der Waals surface area contributed by atoms with Crippen LogP contribution in [0.1, 0.15) is 34.7 Å². The summed E-state index contributed by atoms with van der Waals surface area (Å²) in [5.41, 5.74) is 6.12. The van der Waals surface area contributed by atoms with Gasteiger partial charge in [-0.05, 0) is 82.1 Å². The van der Waals surface area contributed by atoms with Gasteiger partial charge in [0.2, 0.25) is 0 Å². The van der Waals surface area contributed by atoms with Crippen LogP contribution < -0.4 is 39.8 Å². The van der Waals surface area contributed by atoms with E-state index in [9.17, 15) is 39.5 Å². The van der Waals surface area contributed by atoms with Gasteiger partial charge < -0.3 is 103 Å². The first-order valence-electron chi connectivity index (χ1n) is 28.5. The Balaban J connectivity index is 0.000000168. The quantitative estimate of drug-likeness (QED) is 0.106. The van der Waals surface area contributed by atoms with Crippen LogP contribution in [0.15, 0.2) is 159 Å². The molecule has 0 saturated carbocycles. The zero-order valence-corrected chi connectivity index (χ0v) is 60.1. The number of halogens is 9. The number of hydrogen-bond acceptors (Lipinski definition) is 19. The Labute approximate surface area is 609 Å². The minimum absolute atomic E-state index is 0. The molecule has 0 saturated heterocycles. The van der Waals surface area contributed by atoms with E-state index in [4.69, 9.17) is 0 Å². The number of hydrogen-bond donors (Lipinski definition) is 0. The summed E-state index contributed by atoms with van der Waals surface area (Å²) < 4.78 is 115. The van der Waals surface area contributed by atoms with Crippen molar-refractivity contribution >= 4 is 39.8 Å². The van der Waals surface area contributed by atoms with Crippen LogP contribution in [0.4, 0.5) is 79.3 Å². The van der Waals surface area contributed by atoms with Crippen LogP contribution in [0.25, 0.3) is 40.4 Å². The van der Waals surface area contributed by atoms with E-state index in [0.717, 1.165) is 63.7 Å². The Morgan fingerprint density at radius 3 is 1.27 bits per heavy atom. The summed E-state index contributed by atoms with van der Waals surface area (Å²) >= 11 is 0. The second kappa shape index (κ2) is 33.7. The molecule has 3 aromatic carbocycles. The van der Waals surface area contributed by atoms with Crippen molar-refractivity contribution in [2.24, 2.45) is 14.1 Å². The number of rotatable bonds is 7. The standard InChI is InChI=1S/C13H8F3N4.2C13H12N4.C9H10N4.C8H6F3N4.C7H5F3N5.3Pt/c14-13(15,16)11-8-10(18-19-11)12-17-6-7-20(12)9-4-2-1-3-5-9;2*1-10-14-7-11(8-15-10)17-9-16(2)12-5-3-4-6-13(12)17;1-8-10-5-9(6-11-8)13-4-3-12(2)7-13;1-15-3-2-12-7(15)5-4-6(14-13-5)8(9,10)11;1-15-3-2-11-5(15)4-12-6(14-13-4)7(8,9)10;;;/h1-8H;2*3-7,9H,1-2H3;3-5,7H,1-2H3;2-4H,1H3;2-3H,1H3;;;/q-1;3*-2;2*-1;;;. The van der Waals surface area contributed by atoms with Gasteiger partial charge in [-0.3, -0.25) is 5.10 Å². The number of aryl methyl sites for hydroxylation is 5. The Kier molecular flexibility index (Phi) is 26.1. The predicted octanol–water partition coefficient (Wildman–Crippen LogP) is 10.7. The summed E-state index contributed by atoms with van der Waals surface area (Å²) in [6, 6.07) is 27.3. The maximum Gasteiger partial charge on any atom is 0.431 e. The van der Waals surface area contributed by atoms with Crippen LogP contribution in [0, 0.1) is 59.4 Å². The maximum atomic E-state index is 12.5.